The van der Waals surface area contributed by atoms with Crippen LogP contribution in [0.15, 0.2) is 17.2 Å². The van der Waals surface area contributed by atoms with Crippen molar-refractivity contribution in [2.75, 3.05) is 6.61 Å². The fourth-order valence-electron chi connectivity index (χ4n) is 2.29. The van der Waals surface area contributed by atoms with Crippen molar-refractivity contribution < 1.29 is 4.74 Å². The molecule has 0 saturated carbocycles. The summed E-state index contributed by atoms with van der Waals surface area (Å²) < 4.78 is 8.87. The lowest BCUT2D eigenvalue weighted by molar-refractivity contribution is 0.0780. The normalized spacial score (nSPS) is 11.7. The smallest absolute Gasteiger partial charge is 0.275 e. The lowest BCUT2D eigenvalue weighted by Gasteiger charge is -2.07. The van der Waals surface area contributed by atoms with E-state index < -0.39 is 0 Å². The van der Waals surface area contributed by atoms with Crippen molar-refractivity contribution in [1.29, 1.82) is 0 Å². The highest BCUT2D eigenvalue weighted by atomic mass is 16.5. The first-order valence-corrected chi connectivity index (χ1v) is 7.16. The van der Waals surface area contributed by atoms with Gasteiger partial charge in [0.25, 0.3) is 5.56 Å². The Kier molecular flexibility index (Phi) is 4.60. The summed E-state index contributed by atoms with van der Waals surface area (Å²) in [5.74, 6) is 0.503. The maximum Gasteiger partial charge on any atom is 0.275 e. The van der Waals surface area contributed by atoms with Gasteiger partial charge in [-0.1, -0.05) is 20.8 Å². The monoisotopic (exact) mass is 277 g/mol. The van der Waals surface area contributed by atoms with Crippen LogP contribution in [0.5, 0.6) is 0 Å². The maximum atomic E-state index is 12.2. The quantitative estimate of drug-likeness (QED) is 0.761. The minimum absolute atomic E-state index is 0.0539. The van der Waals surface area contributed by atoms with Crippen LogP contribution < -0.4 is 5.56 Å². The first-order valence-electron chi connectivity index (χ1n) is 7.16. The van der Waals surface area contributed by atoms with Crippen molar-refractivity contribution in [3.63, 3.8) is 0 Å². The summed E-state index contributed by atoms with van der Waals surface area (Å²) >= 11 is 0. The average molecular weight is 277 g/mol. The average Bonchev–Trinajstić information content (AvgIpc) is 2.80. The standard InChI is InChI=1S/C15H23N3O2/c1-5-6-20-10-18-8-12-13(9-18)15(19)17(4)16-14(12)7-11(2)3/h8-9,11H,5-7,10H2,1-4H3. The molecule has 5 nitrogen and oxygen atoms in total. The summed E-state index contributed by atoms with van der Waals surface area (Å²) in [6.45, 7) is 7.59. The molecule has 110 valence electrons. The van der Waals surface area contributed by atoms with E-state index in [4.69, 9.17) is 4.74 Å². The third-order valence-electron chi connectivity index (χ3n) is 3.18. The van der Waals surface area contributed by atoms with Gasteiger partial charge in [0, 0.05) is 31.4 Å². The fraction of sp³-hybridized carbons (Fsp3) is 0.600. The predicted molar refractivity (Wildman–Crippen MR) is 79.8 cm³/mol. The molecule has 0 amide bonds. The van der Waals surface area contributed by atoms with E-state index in [0.717, 1.165) is 35.9 Å². The van der Waals surface area contributed by atoms with E-state index in [1.54, 1.807) is 7.05 Å². The molecule has 0 aliphatic heterocycles. The Morgan fingerprint density at radius 3 is 2.65 bits per heavy atom. The van der Waals surface area contributed by atoms with E-state index in [0.29, 0.717) is 12.6 Å². The molecular formula is C15H23N3O2. The number of nitrogens with zero attached hydrogens (tertiary/aromatic N) is 3. The number of aryl methyl sites for hydroxylation is 1. The van der Waals surface area contributed by atoms with Crippen molar-refractivity contribution >= 4 is 10.8 Å². The van der Waals surface area contributed by atoms with E-state index in [2.05, 4.69) is 25.9 Å². The van der Waals surface area contributed by atoms with Crippen LogP contribution in [0.4, 0.5) is 0 Å². The summed E-state index contributed by atoms with van der Waals surface area (Å²) in [4.78, 5) is 12.2. The highest BCUT2D eigenvalue weighted by Crippen LogP contribution is 2.18. The topological polar surface area (TPSA) is 49.0 Å². The molecule has 0 atom stereocenters. The van der Waals surface area contributed by atoms with E-state index in [-0.39, 0.29) is 5.56 Å². The molecule has 5 heteroatoms. The summed E-state index contributed by atoms with van der Waals surface area (Å²) in [7, 11) is 1.70. The Hall–Kier alpha value is -1.62. The largest absolute Gasteiger partial charge is 0.361 e. The zero-order valence-corrected chi connectivity index (χ0v) is 12.7. The van der Waals surface area contributed by atoms with Crippen molar-refractivity contribution in [2.24, 2.45) is 13.0 Å². The van der Waals surface area contributed by atoms with Crippen molar-refractivity contribution in [3.05, 3.63) is 28.4 Å². The fourth-order valence-corrected chi connectivity index (χ4v) is 2.29. The molecule has 0 radical (unpaired) electrons. The lowest BCUT2D eigenvalue weighted by atomic mass is 10.1. The summed E-state index contributed by atoms with van der Waals surface area (Å²) in [5.41, 5.74) is 0.924. The predicted octanol–water partition coefficient (Wildman–Crippen LogP) is 2.32. The molecule has 20 heavy (non-hydrogen) atoms. The van der Waals surface area contributed by atoms with E-state index in [9.17, 15) is 4.79 Å². The number of ether oxygens (including phenoxy) is 1. The zero-order chi connectivity index (χ0) is 14.7. The molecule has 0 spiro atoms. The third kappa shape index (κ3) is 3.10. The first-order chi connectivity index (χ1) is 9.52. The number of hydrogen-bond acceptors (Lipinski definition) is 3. The summed E-state index contributed by atoms with van der Waals surface area (Å²) in [6.07, 6.45) is 5.68. The molecule has 0 aliphatic rings. The molecule has 0 aliphatic carbocycles. The van der Waals surface area contributed by atoms with Crippen molar-refractivity contribution in [2.45, 2.75) is 40.3 Å². The van der Waals surface area contributed by atoms with Gasteiger partial charge in [-0.25, -0.2) is 4.68 Å². The van der Waals surface area contributed by atoms with Gasteiger partial charge in [-0.05, 0) is 18.8 Å². The second-order valence-electron chi connectivity index (χ2n) is 5.61. The molecule has 0 unspecified atom stereocenters. The van der Waals surface area contributed by atoms with Crippen LogP contribution >= 0.6 is 0 Å². The van der Waals surface area contributed by atoms with Gasteiger partial charge in [-0.15, -0.1) is 0 Å². The van der Waals surface area contributed by atoms with Gasteiger partial charge < -0.3 is 9.30 Å². The van der Waals surface area contributed by atoms with E-state index in [1.807, 2.05) is 17.0 Å². The molecule has 2 heterocycles. The number of fused-ring (bicyclic) bond motifs is 1. The number of rotatable bonds is 6. The molecular weight excluding hydrogens is 254 g/mol. The van der Waals surface area contributed by atoms with E-state index in [1.165, 1.54) is 4.68 Å². The third-order valence-corrected chi connectivity index (χ3v) is 3.18. The van der Waals surface area contributed by atoms with Gasteiger partial charge in [-0.3, -0.25) is 4.79 Å². The zero-order valence-electron chi connectivity index (χ0n) is 12.7. The van der Waals surface area contributed by atoms with Crippen LogP contribution in [-0.4, -0.2) is 21.0 Å². The van der Waals surface area contributed by atoms with E-state index >= 15 is 0 Å². The summed E-state index contributed by atoms with van der Waals surface area (Å²) in [5, 5.41) is 6.07. The molecule has 0 fully saturated rings. The molecule has 0 bridgehead atoms. The van der Waals surface area contributed by atoms with Crippen LogP contribution in [-0.2, 0) is 24.9 Å². The second kappa shape index (κ2) is 6.22. The lowest BCUT2D eigenvalue weighted by Crippen LogP contribution is -2.21. The first kappa shape index (κ1) is 14.8. The molecule has 0 aromatic carbocycles. The van der Waals surface area contributed by atoms with Crippen molar-refractivity contribution in [3.8, 4) is 0 Å². The van der Waals surface area contributed by atoms with Gasteiger partial charge in [0.1, 0.15) is 6.73 Å². The number of hydrogen-bond donors (Lipinski definition) is 0. The Morgan fingerprint density at radius 1 is 1.30 bits per heavy atom. The van der Waals surface area contributed by atoms with Crippen LogP contribution in [0, 0.1) is 5.92 Å². The SMILES string of the molecule is CCCOCn1cc2c(CC(C)C)nn(C)c(=O)c2c1. The molecule has 2 aromatic heterocycles. The van der Waals surface area contributed by atoms with Crippen LogP contribution in [0.25, 0.3) is 10.8 Å². The highest BCUT2D eigenvalue weighted by molar-refractivity contribution is 5.83. The molecule has 0 saturated heterocycles. The van der Waals surface area contributed by atoms with Crippen LogP contribution in [0.3, 0.4) is 0 Å². The van der Waals surface area contributed by atoms with Gasteiger partial charge in [0.05, 0.1) is 11.1 Å². The minimum atomic E-state index is -0.0539. The maximum absolute atomic E-state index is 12.2. The Balaban J connectivity index is 2.42. The highest BCUT2D eigenvalue weighted by Gasteiger charge is 2.12. The Bertz CT molecular complexity index is 640. The van der Waals surface area contributed by atoms with Crippen LogP contribution in [0.2, 0.25) is 0 Å². The summed E-state index contributed by atoms with van der Waals surface area (Å²) in [6, 6.07) is 0. The number of aromatic nitrogens is 3. The minimum Gasteiger partial charge on any atom is -0.361 e. The molecule has 2 aromatic rings. The van der Waals surface area contributed by atoms with Gasteiger partial charge in [0.2, 0.25) is 0 Å². The van der Waals surface area contributed by atoms with Gasteiger partial charge in [-0.2, -0.15) is 5.10 Å². The second-order valence-corrected chi connectivity index (χ2v) is 5.61. The molecule has 0 N–H and O–H groups in total. The van der Waals surface area contributed by atoms with Crippen molar-refractivity contribution in [1.82, 2.24) is 14.3 Å². The Morgan fingerprint density at radius 2 is 2.00 bits per heavy atom. The van der Waals surface area contributed by atoms with Gasteiger partial charge >= 0.3 is 0 Å². The Labute approximate surface area is 119 Å². The molecule has 2 rings (SSSR count). The van der Waals surface area contributed by atoms with Gasteiger partial charge in [0.15, 0.2) is 0 Å². The van der Waals surface area contributed by atoms with Crippen LogP contribution in [0.1, 0.15) is 32.9 Å².